The second-order valence-corrected chi connectivity index (χ2v) is 11.4. The van der Waals surface area contributed by atoms with Gasteiger partial charge < -0.3 is 9.47 Å². The van der Waals surface area contributed by atoms with Crippen LogP contribution in [0, 0.1) is 24.4 Å². The van der Waals surface area contributed by atoms with Gasteiger partial charge in [0.2, 0.25) is 0 Å². The van der Waals surface area contributed by atoms with Gasteiger partial charge >= 0.3 is 0 Å². The topological polar surface area (TPSA) is 36.3 Å². The van der Waals surface area contributed by atoms with Crippen LogP contribution in [0.15, 0.2) is 59.8 Å². The number of thioether (sulfide) groups is 1. The van der Waals surface area contributed by atoms with Crippen molar-refractivity contribution in [1.82, 2.24) is 9.55 Å². The highest BCUT2D eigenvalue weighted by molar-refractivity contribution is 7.98. The minimum absolute atomic E-state index is 0.0168. The highest BCUT2D eigenvalue weighted by atomic mass is 35.5. The molecule has 210 valence electrons. The molecule has 5 rings (SSSR count). The number of rotatable bonds is 9. The van der Waals surface area contributed by atoms with E-state index in [1.165, 1.54) is 36.0 Å². The molecule has 0 saturated heterocycles. The number of fused-ring (bicyclic) bond motifs is 1. The van der Waals surface area contributed by atoms with E-state index in [4.69, 9.17) is 26.1 Å². The third-order valence-electron chi connectivity index (χ3n) is 7.45. The van der Waals surface area contributed by atoms with Crippen LogP contribution in [-0.4, -0.2) is 29.1 Å². The van der Waals surface area contributed by atoms with E-state index in [2.05, 4.69) is 19.1 Å². The second kappa shape index (κ2) is 11.8. The van der Waals surface area contributed by atoms with E-state index >= 15 is 0 Å². The van der Waals surface area contributed by atoms with Crippen molar-refractivity contribution < 1.29 is 22.6 Å². The molecular weight excluding hydrogens is 557 g/mol. The Morgan fingerprint density at radius 3 is 2.42 bits per heavy atom. The molecule has 0 amide bonds. The molecule has 1 unspecified atom stereocenters. The molecule has 0 bridgehead atoms. The predicted molar refractivity (Wildman–Crippen MR) is 153 cm³/mol. The fraction of sp³-hybridized carbons (Fsp3) is 0.323. The summed E-state index contributed by atoms with van der Waals surface area (Å²) in [6, 6.07) is 14.8. The molecule has 1 aliphatic rings. The maximum Gasteiger partial charge on any atom is 0.173 e. The van der Waals surface area contributed by atoms with Crippen LogP contribution in [0.1, 0.15) is 47.8 Å². The number of aromatic nitrogens is 2. The van der Waals surface area contributed by atoms with Gasteiger partial charge in [-0.15, -0.1) is 11.6 Å². The molecule has 1 aromatic heterocycles. The lowest BCUT2D eigenvalue weighted by Gasteiger charge is -2.36. The molecule has 0 radical (unpaired) electrons. The van der Waals surface area contributed by atoms with Crippen molar-refractivity contribution in [3.63, 3.8) is 0 Å². The zero-order chi connectivity index (χ0) is 28.4. The lowest BCUT2D eigenvalue weighted by molar-refractivity contribution is 0.338. The Labute approximate surface area is 241 Å². The Morgan fingerprint density at radius 1 is 1.05 bits per heavy atom. The summed E-state index contributed by atoms with van der Waals surface area (Å²) in [7, 11) is 1.65. The van der Waals surface area contributed by atoms with Crippen molar-refractivity contribution in [3.05, 3.63) is 100 Å². The Morgan fingerprint density at radius 2 is 1.77 bits per heavy atom. The molecule has 4 nitrogen and oxygen atoms in total. The molecule has 3 aromatic carbocycles. The third kappa shape index (κ3) is 5.44. The van der Waals surface area contributed by atoms with Crippen molar-refractivity contribution in [3.8, 4) is 17.2 Å². The van der Waals surface area contributed by atoms with Crippen LogP contribution in [0.25, 0.3) is 5.69 Å². The van der Waals surface area contributed by atoms with Crippen LogP contribution in [0.5, 0.6) is 11.5 Å². The second-order valence-electron chi connectivity index (χ2n) is 10.1. The SMILES string of the molecule is COc1ccc(C2(C)CCCc3nc(SCc4c(F)cc(OCCCl)cc4F)n(-c4ccc(F)cc4)c32)cc1C. The highest BCUT2D eigenvalue weighted by Crippen LogP contribution is 2.46. The van der Waals surface area contributed by atoms with Crippen LogP contribution < -0.4 is 9.47 Å². The number of hydrogen-bond donors (Lipinski definition) is 0. The largest absolute Gasteiger partial charge is 0.496 e. The van der Waals surface area contributed by atoms with Crippen molar-refractivity contribution >= 4 is 23.4 Å². The lowest BCUT2D eigenvalue weighted by atomic mass is 9.71. The fourth-order valence-corrected chi connectivity index (χ4v) is 6.56. The van der Waals surface area contributed by atoms with Crippen LogP contribution >= 0.6 is 23.4 Å². The van der Waals surface area contributed by atoms with Crippen LogP contribution in [-0.2, 0) is 17.6 Å². The Hall–Kier alpha value is -3.10. The first-order valence-electron chi connectivity index (χ1n) is 13.1. The predicted octanol–water partition coefficient (Wildman–Crippen LogP) is 8.16. The van der Waals surface area contributed by atoms with E-state index in [1.807, 2.05) is 17.6 Å². The summed E-state index contributed by atoms with van der Waals surface area (Å²) < 4.78 is 56.6. The molecule has 0 N–H and O–H groups in total. The van der Waals surface area contributed by atoms with E-state index in [0.717, 1.165) is 53.2 Å². The summed E-state index contributed by atoms with van der Waals surface area (Å²) >= 11 is 6.87. The van der Waals surface area contributed by atoms with Gasteiger partial charge in [-0.05, 0) is 74.6 Å². The van der Waals surface area contributed by atoms with Gasteiger partial charge in [0.15, 0.2) is 5.16 Å². The molecule has 0 aliphatic heterocycles. The molecule has 4 aromatic rings. The first-order chi connectivity index (χ1) is 19.2. The van der Waals surface area contributed by atoms with Gasteiger partial charge in [0.25, 0.3) is 0 Å². The molecule has 1 atom stereocenters. The zero-order valence-corrected chi connectivity index (χ0v) is 24.1. The molecule has 0 spiro atoms. The number of hydrogen-bond acceptors (Lipinski definition) is 4. The Balaban J connectivity index is 1.58. The van der Waals surface area contributed by atoms with Gasteiger partial charge in [0, 0.05) is 34.6 Å². The minimum Gasteiger partial charge on any atom is -0.496 e. The van der Waals surface area contributed by atoms with E-state index < -0.39 is 17.0 Å². The van der Waals surface area contributed by atoms with E-state index in [9.17, 15) is 13.2 Å². The van der Waals surface area contributed by atoms with Crippen molar-refractivity contribution in [1.29, 1.82) is 0 Å². The lowest BCUT2D eigenvalue weighted by Crippen LogP contribution is -2.31. The quantitative estimate of drug-likeness (QED) is 0.146. The fourth-order valence-electron chi connectivity index (χ4n) is 5.43. The molecule has 0 fully saturated rings. The molecule has 1 aliphatic carbocycles. The van der Waals surface area contributed by atoms with Crippen LogP contribution in [0.2, 0.25) is 0 Å². The van der Waals surface area contributed by atoms with Gasteiger partial charge in [0.1, 0.15) is 35.6 Å². The first kappa shape index (κ1) is 28.4. The van der Waals surface area contributed by atoms with Crippen LogP contribution in [0.4, 0.5) is 13.2 Å². The maximum atomic E-state index is 14.9. The normalized spacial score (nSPS) is 16.6. The standard InChI is InChI=1S/C31H30ClF3N2O2S/c1-19-15-20(6-11-28(19)38-3)31(2)12-4-5-27-29(31)37(22-9-7-21(33)8-10-22)30(36-27)40-18-24-25(34)16-23(17-26(24)35)39-14-13-32/h6-11,15-17H,4-5,12-14,18H2,1-3H3. The number of nitrogens with zero attached hydrogens (tertiary/aromatic N) is 2. The molecular formula is C31H30ClF3N2O2S. The third-order valence-corrected chi connectivity index (χ3v) is 8.57. The number of imidazole rings is 1. The molecule has 9 heteroatoms. The number of ether oxygens (including phenoxy) is 2. The number of alkyl halides is 1. The summed E-state index contributed by atoms with van der Waals surface area (Å²) in [6.07, 6.45) is 2.60. The van der Waals surface area contributed by atoms with E-state index in [1.54, 1.807) is 19.2 Å². The van der Waals surface area contributed by atoms with E-state index in [-0.39, 0.29) is 35.4 Å². The Bertz CT molecular complexity index is 1500. The number of aryl methyl sites for hydroxylation is 2. The van der Waals surface area contributed by atoms with Crippen LogP contribution in [0.3, 0.4) is 0 Å². The summed E-state index contributed by atoms with van der Waals surface area (Å²) in [5, 5.41) is 0.594. The van der Waals surface area contributed by atoms with Gasteiger partial charge in [-0.1, -0.05) is 23.9 Å². The number of halogens is 4. The smallest absolute Gasteiger partial charge is 0.173 e. The van der Waals surface area contributed by atoms with E-state index in [0.29, 0.717) is 5.16 Å². The summed E-state index contributed by atoms with van der Waals surface area (Å²) in [6.45, 7) is 4.37. The van der Waals surface area contributed by atoms with Gasteiger partial charge in [-0.2, -0.15) is 0 Å². The molecule has 1 heterocycles. The number of benzene rings is 3. The maximum absolute atomic E-state index is 14.9. The molecule has 40 heavy (non-hydrogen) atoms. The van der Waals surface area contributed by atoms with Crippen molar-refractivity contribution in [2.24, 2.45) is 0 Å². The minimum atomic E-state index is -0.694. The first-order valence-corrected chi connectivity index (χ1v) is 14.6. The Kier molecular flexibility index (Phi) is 8.38. The number of methoxy groups -OCH3 is 1. The zero-order valence-electron chi connectivity index (χ0n) is 22.6. The van der Waals surface area contributed by atoms with Gasteiger partial charge in [0.05, 0.1) is 24.4 Å². The van der Waals surface area contributed by atoms with Gasteiger partial charge in [-0.25, -0.2) is 18.2 Å². The molecule has 0 saturated carbocycles. The summed E-state index contributed by atoms with van der Waals surface area (Å²) in [5.41, 5.74) is 4.35. The van der Waals surface area contributed by atoms with Crippen molar-refractivity contribution in [2.75, 3.05) is 19.6 Å². The van der Waals surface area contributed by atoms with Crippen molar-refractivity contribution in [2.45, 2.75) is 49.4 Å². The average Bonchev–Trinajstić information content (AvgIpc) is 3.31. The highest BCUT2D eigenvalue weighted by Gasteiger charge is 2.39. The summed E-state index contributed by atoms with van der Waals surface area (Å²) in [4.78, 5) is 4.98. The monoisotopic (exact) mass is 586 g/mol. The summed E-state index contributed by atoms with van der Waals surface area (Å²) in [5.74, 6) is -0.593. The van der Waals surface area contributed by atoms with Gasteiger partial charge in [-0.3, -0.25) is 4.57 Å². The average molecular weight is 587 g/mol.